The van der Waals surface area contributed by atoms with Crippen LogP contribution >= 0.6 is 15.9 Å². The monoisotopic (exact) mass is 332 g/mol. The first-order valence-corrected chi connectivity index (χ1v) is 6.99. The summed E-state index contributed by atoms with van der Waals surface area (Å²) in [5.41, 5.74) is 2.52. The second-order valence-corrected chi connectivity index (χ2v) is 5.46. The first-order chi connectivity index (χ1) is 9.58. The normalized spacial score (nSPS) is 11.2. The molecule has 102 valence electrons. The molecular weight excluding hydrogens is 320 g/mol. The number of benzene rings is 1. The molecule has 0 atom stereocenters. The van der Waals surface area contributed by atoms with Crippen LogP contribution in [0, 0.1) is 6.92 Å². The van der Waals surface area contributed by atoms with Crippen LogP contribution in [0.15, 0.2) is 39.9 Å². The van der Waals surface area contributed by atoms with Gasteiger partial charge in [-0.2, -0.15) is 5.10 Å². The summed E-state index contributed by atoms with van der Waals surface area (Å²) in [7, 11) is 1.90. The van der Waals surface area contributed by atoms with E-state index in [2.05, 4.69) is 26.0 Å². The average molecular weight is 333 g/mol. The highest BCUT2D eigenvalue weighted by atomic mass is 79.9. The van der Waals surface area contributed by atoms with Crippen LogP contribution in [0.5, 0.6) is 0 Å². The number of hydrogen-bond acceptors (Lipinski definition) is 3. The summed E-state index contributed by atoms with van der Waals surface area (Å²) in [6.07, 6.45) is 1.56. The molecule has 0 N–H and O–H groups in total. The molecule has 6 heteroatoms. The van der Waals surface area contributed by atoms with Gasteiger partial charge in [-0.3, -0.25) is 14.0 Å². The second kappa shape index (κ2) is 4.86. The van der Waals surface area contributed by atoms with Crippen LogP contribution in [0.2, 0.25) is 0 Å². The van der Waals surface area contributed by atoms with Crippen molar-refractivity contribution in [3.05, 3.63) is 56.8 Å². The van der Waals surface area contributed by atoms with Crippen molar-refractivity contribution in [2.45, 2.75) is 13.5 Å². The van der Waals surface area contributed by atoms with E-state index in [0.29, 0.717) is 16.7 Å². The fraction of sp³-hybridized carbons (Fsp3) is 0.214. The van der Waals surface area contributed by atoms with E-state index in [1.165, 1.54) is 0 Å². The van der Waals surface area contributed by atoms with Gasteiger partial charge in [-0.15, -0.1) is 0 Å². The molecule has 0 radical (unpaired) electrons. The van der Waals surface area contributed by atoms with Crippen LogP contribution in [0.25, 0.3) is 10.9 Å². The molecule has 2 aromatic heterocycles. The fourth-order valence-electron chi connectivity index (χ4n) is 2.23. The Labute approximate surface area is 124 Å². The number of aryl methyl sites for hydroxylation is 2. The van der Waals surface area contributed by atoms with Crippen LogP contribution in [-0.2, 0) is 13.6 Å². The zero-order chi connectivity index (χ0) is 14.3. The van der Waals surface area contributed by atoms with Gasteiger partial charge in [-0.25, -0.2) is 4.98 Å². The van der Waals surface area contributed by atoms with Gasteiger partial charge in [-0.05, 0) is 28.9 Å². The lowest BCUT2D eigenvalue weighted by atomic mass is 10.2. The molecule has 0 saturated heterocycles. The van der Waals surface area contributed by atoms with Gasteiger partial charge < -0.3 is 0 Å². The highest BCUT2D eigenvalue weighted by molar-refractivity contribution is 9.10. The van der Waals surface area contributed by atoms with E-state index in [-0.39, 0.29) is 5.56 Å². The van der Waals surface area contributed by atoms with Crippen LogP contribution in [0.1, 0.15) is 11.4 Å². The number of halogens is 1. The molecule has 5 nitrogen and oxygen atoms in total. The lowest BCUT2D eigenvalue weighted by Crippen LogP contribution is -2.23. The minimum absolute atomic E-state index is 0.0905. The second-order valence-electron chi connectivity index (χ2n) is 4.66. The van der Waals surface area contributed by atoms with E-state index in [0.717, 1.165) is 16.6 Å². The number of hydrogen-bond donors (Lipinski definition) is 0. The Morgan fingerprint density at radius 1 is 1.30 bits per heavy atom. The Morgan fingerprint density at radius 2 is 2.05 bits per heavy atom. The van der Waals surface area contributed by atoms with E-state index in [1.807, 2.05) is 36.0 Å². The molecule has 0 amide bonds. The minimum atomic E-state index is -0.0905. The third-order valence-electron chi connectivity index (χ3n) is 3.31. The molecular formula is C14H13BrN4O. The van der Waals surface area contributed by atoms with Crippen LogP contribution < -0.4 is 5.56 Å². The first kappa shape index (κ1) is 13.1. The van der Waals surface area contributed by atoms with E-state index in [1.54, 1.807) is 17.8 Å². The van der Waals surface area contributed by atoms with Crippen molar-refractivity contribution in [1.82, 2.24) is 19.3 Å². The Hall–Kier alpha value is -1.95. The number of rotatable bonds is 2. The largest absolute Gasteiger partial charge is 0.292 e. The highest BCUT2D eigenvalue weighted by Gasteiger charge is 2.11. The molecule has 0 aliphatic heterocycles. The van der Waals surface area contributed by atoms with E-state index in [4.69, 9.17) is 0 Å². The Morgan fingerprint density at radius 3 is 2.85 bits per heavy atom. The van der Waals surface area contributed by atoms with Gasteiger partial charge >= 0.3 is 0 Å². The maximum Gasteiger partial charge on any atom is 0.268 e. The fourth-order valence-corrected chi connectivity index (χ4v) is 2.56. The van der Waals surface area contributed by atoms with Crippen molar-refractivity contribution in [1.29, 1.82) is 0 Å². The van der Waals surface area contributed by atoms with E-state index in [9.17, 15) is 4.79 Å². The van der Waals surface area contributed by atoms with Crippen molar-refractivity contribution >= 4 is 26.8 Å². The van der Waals surface area contributed by atoms with Crippen molar-refractivity contribution in [2.75, 3.05) is 0 Å². The number of para-hydroxylation sites is 1. The Balaban J connectivity index is 2.11. The SMILES string of the molecule is Cc1ncn(Cc2nn(C)c3ccccc23)c(=O)c1Br. The maximum atomic E-state index is 12.2. The summed E-state index contributed by atoms with van der Waals surface area (Å²) in [5.74, 6) is 0. The molecule has 0 aliphatic carbocycles. The lowest BCUT2D eigenvalue weighted by molar-refractivity contribution is 0.683. The van der Waals surface area contributed by atoms with Crippen molar-refractivity contribution in [3.63, 3.8) is 0 Å². The quantitative estimate of drug-likeness (QED) is 0.723. The van der Waals surface area contributed by atoms with Gasteiger partial charge in [0.25, 0.3) is 5.56 Å². The summed E-state index contributed by atoms with van der Waals surface area (Å²) in [5, 5.41) is 5.55. The van der Waals surface area contributed by atoms with Crippen LogP contribution in [-0.4, -0.2) is 19.3 Å². The summed E-state index contributed by atoms with van der Waals surface area (Å²) in [4.78, 5) is 16.4. The molecule has 0 unspecified atom stereocenters. The molecule has 0 saturated carbocycles. The summed E-state index contributed by atoms with van der Waals surface area (Å²) < 4.78 is 3.89. The molecule has 0 fully saturated rings. The van der Waals surface area contributed by atoms with Gasteiger partial charge in [0.05, 0.1) is 29.8 Å². The molecule has 3 rings (SSSR count). The third-order valence-corrected chi connectivity index (χ3v) is 4.22. The molecule has 2 heterocycles. The molecule has 0 spiro atoms. The van der Waals surface area contributed by atoms with Gasteiger partial charge in [0, 0.05) is 12.4 Å². The summed E-state index contributed by atoms with van der Waals surface area (Å²) in [6.45, 7) is 2.21. The van der Waals surface area contributed by atoms with Crippen molar-refractivity contribution in [2.24, 2.45) is 7.05 Å². The molecule has 0 aliphatic rings. The molecule has 0 bridgehead atoms. The highest BCUT2D eigenvalue weighted by Crippen LogP contribution is 2.18. The Bertz CT molecular complexity index is 850. The van der Waals surface area contributed by atoms with Gasteiger partial charge in [0.2, 0.25) is 0 Å². The van der Waals surface area contributed by atoms with Gasteiger partial charge in [0.15, 0.2) is 0 Å². The third kappa shape index (κ3) is 2.06. The number of fused-ring (bicyclic) bond motifs is 1. The first-order valence-electron chi connectivity index (χ1n) is 6.20. The van der Waals surface area contributed by atoms with Crippen molar-refractivity contribution in [3.8, 4) is 0 Å². The van der Waals surface area contributed by atoms with Crippen LogP contribution in [0.4, 0.5) is 0 Å². The maximum absolute atomic E-state index is 12.2. The van der Waals surface area contributed by atoms with E-state index >= 15 is 0 Å². The zero-order valence-electron chi connectivity index (χ0n) is 11.2. The number of aromatic nitrogens is 4. The van der Waals surface area contributed by atoms with E-state index < -0.39 is 0 Å². The van der Waals surface area contributed by atoms with Gasteiger partial charge in [-0.1, -0.05) is 18.2 Å². The van der Waals surface area contributed by atoms with Crippen LogP contribution in [0.3, 0.4) is 0 Å². The minimum Gasteiger partial charge on any atom is -0.292 e. The lowest BCUT2D eigenvalue weighted by Gasteiger charge is -2.05. The standard InChI is InChI=1S/C14H13BrN4O/c1-9-13(15)14(20)19(8-16-9)7-11-10-5-3-4-6-12(10)18(2)17-11/h3-6,8H,7H2,1-2H3. The van der Waals surface area contributed by atoms with Crippen molar-refractivity contribution < 1.29 is 0 Å². The predicted molar refractivity (Wildman–Crippen MR) is 80.8 cm³/mol. The smallest absolute Gasteiger partial charge is 0.268 e. The summed E-state index contributed by atoms with van der Waals surface area (Å²) >= 11 is 3.28. The molecule has 20 heavy (non-hydrogen) atoms. The van der Waals surface area contributed by atoms with Gasteiger partial charge in [0.1, 0.15) is 4.47 Å². The zero-order valence-corrected chi connectivity index (χ0v) is 12.8. The average Bonchev–Trinajstić information content (AvgIpc) is 2.77. The Kier molecular flexibility index (Phi) is 3.17. The topological polar surface area (TPSA) is 52.7 Å². The number of nitrogens with zero attached hydrogens (tertiary/aromatic N) is 4. The molecule has 3 aromatic rings. The summed E-state index contributed by atoms with van der Waals surface area (Å²) in [6, 6.07) is 7.97. The predicted octanol–water partition coefficient (Wildman–Crippen LogP) is 2.25. The molecule has 1 aromatic carbocycles.